The molecule has 1 aromatic carbocycles. The Balaban J connectivity index is 2.18. The minimum atomic E-state index is -3.70. The van der Waals surface area contributed by atoms with Crippen molar-refractivity contribution in [1.29, 1.82) is 0 Å². The molecule has 114 valence electrons. The molecule has 0 saturated carbocycles. The van der Waals surface area contributed by atoms with Gasteiger partial charge in [-0.2, -0.15) is 11.8 Å². The van der Waals surface area contributed by atoms with Gasteiger partial charge in [-0.25, -0.2) is 17.5 Å². The van der Waals surface area contributed by atoms with Gasteiger partial charge in [0.2, 0.25) is 10.0 Å². The Bertz CT molecular complexity index is 659. The standard InChI is InChI=1S/C14H17FN2O2S2/c15-14-9-13(6-5-11(14)3-1-7-16)21(18,19)17-12-4-2-8-20-10-12/h5-6,9,12,17H,2,4,7-8,10,16H2. The third kappa shape index (κ3) is 4.45. The molecule has 1 aliphatic rings. The van der Waals surface area contributed by atoms with E-state index in [9.17, 15) is 12.8 Å². The molecule has 1 aromatic rings. The van der Waals surface area contributed by atoms with E-state index in [2.05, 4.69) is 16.6 Å². The summed E-state index contributed by atoms with van der Waals surface area (Å²) in [6.07, 6.45) is 1.80. The van der Waals surface area contributed by atoms with E-state index in [1.54, 1.807) is 11.8 Å². The second-order valence-corrected chi connectivity index (χ2v) is 7.55. The molecule has 1 fully saturated rings. The zero-order valence-electron chi connectivity index (χ0n) is 11.4. The highest BCUT2D eigenvalue weighted by Gasteiger charge is 2.22. The molecule has 1 atom stereocenters. The minimum absolute atomic E-state index is 0.0751. The van der Waals surface area contributed by atoms with Gasteiger partial charge in [-0.05, 0) is 36.8 Å². The van der Waals surface area contributed by atoms with Crippen LogP contribution in [0.1, 0.15) is 18.4 Å². The maximum Gasteiger partial charge on any atom is 0.240 e. The Labute approximate surface area is 128 Å². The molecule has 1 saturated heterocycles. The number of benzene rings is 1. The second kappa shape index (κ2) is 7.27. The van der Waals surface area contributed by atoms with E-state index in [0.29, 0.717) is 0 Å². The van der Waals surface area contributed by atoms with Crippen LogP contribution in [0.4, 0.5) is 4.39 Å². The summed E-state index contributed by atoms with van der Waals surface area (Å²) in [4.78, 5) is -0.0751. The highest BCUT2D eigenvalue weighted by atomic mass is 32.2. The molecule has 1 heterocycles. The third-order valence-electron chi connectivity index (χ3n) is 3.06. The zero-order chi connectivity index (χ0) is 15.3. The van der Waals surface area contributed by atoms with Gasteiger partial charge < -0.3 is 5.73 Å². The van der Waals surface area contributed by atoms with Gasteiger partial charge in [-0.15, -0.1) is 0 Å². The fourth-order valence-electron chi connectivity index (χ4n) is 2.03. The average Bonchev–Trinajstić information content (AvgIpc) is 2.46. The molecule has 21 heavy (non-hydrogen) atoms. The van der Waals surface area contributed by atoms with Crippen LogP contribution in [-0.2, 0) is 10.0 Å². The summed E-state index contributed by atoms with van der Waals surface area (Å²) in [7, 11) is -3.70. The number of nitrogens with one attached hydrogen (secondary N) is 1. The van der Waals surface area contributed by atoms with Crippen LogP contribution in [-0.4, -0.2) is 32.5 Å². The largest absolute Gasteiger partial charge is 0.320 e. The average molecular weight is 328 g/mol. The number of sulfonamides is 1. The molecule has 2 rings (SSSR count). The van der Waals surface area contributed by atoms with Crippen molar-refractivity contribution in [3.8, 4) is 11.8 Å². The van der Waals surface area contributed by atoms with Crippen molar-refractivity contribution in [3.63, 3.8) is 0 Å². The number of hydrogen-bond acceptors (Lipinski definition) is 4. The lowest BCUT2D eigenvalue weighted by Crippen LogP contribution is -2.38. The molecular weight excluding hydrogens is 311 g/mol. The normalized spacial score (nSPS) is 18.9. The summed E-state index contributed by atoms with van der Waals surface area (Å²) in [5.41, 5.74) is 5.37. The van der Waals surface area contributed by atoms with Crippen molar-refractivity contribution in [2.75, 3.05) is 18.1 Å². The van der Waals surface area contributed by atoms with E-state index in [-0.39, 0.29) is 23.0 Å². The molecule has 0 amide bonds. The van der Waals surface area contributed by atoms with Gasteiger partial charge in [0.15, 0.2) is 0 Å². The van der Waals surface area contributed by atoms with Crippen LogP contribution in [0.15, 0.2) is 23.1 Å². The van der Waals surface area contributed by atoms with E-state index >= 15 is 0 Å². The third-order valence-corrected chi connectivity index (χ3v) is 5.79. The molecule has 0 radical (unpaired) electrons. The number of halogens is 1. The van der Waals surface area contributed by atoms with Crippen LogP contribution in [0.2, 0.25) is 0 Å². The van der Waals surface area contributed by atoms with Crippen molar-refractivity contribution < 1.29 is 12.8 Å². The van der Waals surface area contributed by atoms with Crippen LogP contribution < -0.4 is 10.5 Å². The lowest BCUT2D eigenvalue weighted by molar-refractivity contribution is 0.541. The van der Waals surface area contributed by atoms with Crippen molar-refractivity contribution in [2.24, 2.45) is 5.73 Å². The van der Waals surface area contributed by atoms with Gasteiger partial charge in [0, 0.05) is 11.8 Å². The molecule has 0 aliphatic carbocycles. The van der Waals surface area contributed by atoms with Crippen molar-refractivity contribution in [3.05, 3.63) is 29.6 Å². The molecule has 3 N–H and O–H groups in total. The fraction of sp³-hybridized carbons (Fsp3) is 0.429. The van der Waals surface area contributed by atoms with Crippen molar-refractivity contribution in [2.45, 2.75) is 23.8 Å². The quantitative estimate of drug-likeness (QED) is 0.821. The monoisotopic (exact) mass is 328 g/mol. The predicted molar refractivity (Wildman–Crippen MR) is 83.0 cm³/mol. The second-order valence-electron chi connectivity index (χ2n) is 4.68. The lowest BCUT2D eigenvalue weighted by Gasteiger charge is -2.22. The van der Waals surface area contributed by atoms with E-state index < -0.39 is 15.8 Å². The molecule has 0 bridgehead atoms. The van der Waals surface area contributed by atoms with E-state index in [1.165, 1.54) is 12.1 Å². The van der Waals surface area contributed by atoms with Crippen LogP contribution in [0, 0.1) is 17.7 Å². The number of hydrogen-bond donors (Lipinski definition) is 2. The summed E-state index contributed by atoms with van der Waals surface area (Å²) < 4.78 is 40.9. The first-order chi connectivity index (χ1) is 10.0. The summed E-state index contributed by atoms with van der Waals surface area (Å²) >= 11 is 1.72. The topological polar surface area (TPSA) is 72.2 Å². The Morgan fingerprint density at radius 3 is 2.90 bits per heavy atom. The Morgan fingerprint density at radius 2 is 2.29 bits per heavy atom. The summed E-state index contributed by atoms with van der Waals surface area (Å²) in [6, 6.07) is 3.64. The maximum atomic E-state index is 13.8. The zero-order valence-corrected chi connectivity index (χ0v) is 13.1. The number of thioether (sulfide) groups is 1. The van der Waals surface area contributed by atoms with Crippen molar-refractivity contribution in [1.82, 2.24) is 4.72 Å². The molecule has 0 aromatic heterocycles. The van der Waals surface area contributed by atoms with Gasteiger partial charge in [0.1, 0.15) is 5.82 Å². The van der Waals surface area contributed by atoms with Crippen molar-refractivity contribution >= 4 is 21.8 Å². The van der Waals surface area contributed by atoms with Crippen LogP contribution in [0.5, 0.6) is 0 Å². The van der Waals surface area contributed by atoms with Gasteiger partial charge in [0.25, 0.3) is 0 Å². The smallest absolute Gasteiger partial charge is 0.240 e. The molecule has 4 nitrogen and oxygen atoms in total. The fourth-order valence-corrected chi connectivity index (χ4v) is 4.49. The number of nitrogens with two attached hydrogens (primary N) is 1. The van der Waals surface area contributed by atoms with Gasteiger partial charge in [0.05, 0.1) is 17.0 Å². The molecular formula is C14H17FN2O2S2. The first-order valence-electron chi connectivity index (χ1n) is 6.61. The Morgan fingerprint density at radius 1 is 1.48 bits per heavy atom. The molecule has 1 aliphatic heterocycles. The minimum Gasteiger partial charge on any atom is -0.320 e. The first-order valence-corrected chi connectivity index (χ1v) is 9.25. The predicted octanol–water partition coefficient (Wildman–Crippen LogP) is 1.31. The highest BCUT2D eigenvalue weighted by Crippen LogP contribution is 2.20. The van der Waals surface area contributed by atoms with Gasteiger partial charge >= 0.3 is 0 Å². The van der Waals surface area contributed by atoms with Crippen LogP contribution in [0.3, 0.4) is 0 Å². The lowest BCUT2D eigenvalue weighted by atomic mass is 10.2. The van der Waals surface area contributed by atoms with Crippen LogP contribution in [0.25, 0.3) is 0 Å². The number of rotatable bonds is 3. The molecule has 0 spiro atoms. The maximum absolute atomic E-state index is 13.8. The van der Waals surface area contributed by atoms with Crippen LogP contribution >= 0.6 is 11.8 Å². The first kappa shape index (κ1) is 16.3. The Hall–Kier alpha value is -1.07. The van der Waals surface area contributed by atoms with E-state index in [4.69, 9.17) is 5.73 Å². The molecule has 1 unspecified atom stereocenters. The molecule has 7 heteroatoms. The van der Waals surface area contributed by atoms with E-state index in [1.807, 2.05) is 0 Å². The highest BCUT2D eigenvalue weighted by molar-refractivity contribution is 7.99. The SMILES string of the molecule is NCC#Cc1ccc(S(=O)(=O)NC2CCCSC2)cc1F. The summed E-state index contributed by atoms with van der Waals surface area (Å²) in [6.45, 7) is 0.125. The van der Waals surface area contributed by atoms with E-state index in [0.717, 1.165) is 30.4 Å². The van der Waals surface area contributed by atoms with Gasteiger partial charge in [-0.1, -0.05) is 11.8 Å². The Kier molecular flexibility index (Phi) is 5.65. The summed E-state index contributed by atoms with van der Waals surface area (Å²) in [5, 5.41) is 0. The van der Waals surface area contributed by atoms with Gasteiger partial charge in [-0.3, -0.25) is 0 Å². The summed E-state index contributed by atoms with van der Waals surface area (Å²) in [5.74, 6) is 6.26.